The van der Waals surface area contributed by atoms with E-state index in [0.29, 0.717) is 16.1 Å². The lowest BCUT2D eigenvalue weighted by molar-refractivity contribution is -0.275. The third-order valence-corrected chi connectivity index (χ3v) is 2.94. The van der Waals surface area contributed by atoms with Crippen molar-refractivity contribution in [2.75, 3.05) is 13.2 Å². The molecule has 0 amide bonds. The summed E-state index contributed by atoms with van der Waals surface area (Å²) in [4.78, 5) is 0. The summed E-state index contributed by atoms with van der Waals surface area (Å²) in [5.41, 5.74) is 6.49. The smallest absolute Gasteiger partial charge is 0.488 e. The van der Waals surface area contributed by atoms with Gasteiger partial charge < -0.3 is 15.2 Å². The lowest BCUT2D eigenvalue weighted by atomic mass is 10.1. The molecule has 0 aliphatic rings. The fraction of sp³-hybridized carbons (Fsp3) is 0.200. The fourth-order valence-corrected chi connectivity index (χ4v) is 2.04. The molecule has 0 saturated heterocycles. The Balaban J connectivity index is 2.39. The first kappa shape index (κ1) is 16.5. The van der Waals surface area contributed by atoms with Gasteiger partial charge >= 0.3 is 6.36 Å². The van der Waals surface area contributed by atoms with Crippen LogP contribution in [-0.2, 0) is 0 Å². The predicted molar refractivity (Wildman–Crippen MR) is 78.1 cm³/mol. The second-order valence-corrected chi connectivity index (χ2v) is 4.79. The Hall–Kier alpha value is -1.92. The maximum atomic E-state index is 12.5. The van der Waals surface area contributed by atoms with E-state index < -0.39 is 12.1 Å². The van der Waals surface area contributed by atoms with E-state index in [0.717, 1.165) is 0 Å². The standard InChI is InChI=1S/C15H13ClF3NO2/c16-12-3-1-2-10(8-12)11-4-5-13(21-7-6-20)14(9-11)22-15(17,18)19/h1-5,8-9H,6-7,20H2. The summed E-state index contributed by atoms with van der Waals surface area (Å²) in [6.07, 6.45) is -4.81. The number of nitrogens with two attached hydrogens (primary N) is 1. The van der Waals surface area contributed by atoms with Gasteiger partial charge in [0.1, 0.15) is 6.61 Å². The molecule has 2 rings (SSSR count). The Morgan fingerprint density at radius 1 is 1.00 bits per heavy atom. The Morgan fingerprint density at radius 2 is 1.73 bits per heavy atom. The van der Waals surface area contributed by atoms with Crippen molar-refractivity contribution in [3.63, 3.8) is 0 Å². The lowest BCUT2D eigenvalue weighted by Gasteiger charge is -2.15. The van der Waals surface area contributed by atoms with Crippen LogP contribution in [-0.4, -0.2) is 19.5 Å². The SMILES string of the molecule is NCCOc1ccc(-c2cccc(Cl)c2)cc1OC(F)(F)F. The van der Waals surface area contributed by atoms with E-state index in [1.165, 1.54) is 12.1 Å². The van der Waals surface area contributed by atoms with E-state index in [1.807, 2.05) is 0 Å². The van der Waals surface area contributed by atoms with Gasteiger partial charge in [-0.3, -0.25) is 0 Å². The van der Waals surface area contributed by atoms with Gasteiger partial charge in [0.25, 0.3) is 0 Å². The molecule has 0 aliphatic heterocycles. The molecule has 0 aliphatic carbocycles. The topological polar surface area (TPSA) is 44.5 Å². The van der Waals surface area contributed by atoms with Crippen molar-refractivity contribution in [2.24, 2.45) is 5.73 Å². The molecular weight excluding hydrogens is 319 g/mol. The largest absolute Gasteiger partial charge is 0.573 e. The Kier molecular flexibility index (Phi) is 5.15. The van der Waals surface area contributed by atoms with Crippen LogP contribution in [0.5, 0.6) is 11.5 Å². The molecule has 2 N–H and O–H groups in total. The van der Waals surface area contributed by atoms with Crippen LogP contribution in [0.2, 0.25) is 5.02 Å². The number of alkyl halides is 3. The van der Waals surface area contributed by atoms with Crippen LogP contribution in [0.15, 0.2) is 42.5 Å². The van der Waals surface area contributed by atoms with E-state index in [9.17, 15) is 13.2 Å². The molecule has 0 bridgehead atoms. The van der Waals surface area contributed by atoms with Crippen LogP contribution in [0.1, 0.15) is 0 Å². The van der Waals surface area contributed by atoms with Crippen LogP contribution in [0.3, 0.4) is 0 Å². The first-order valence-electron chi connectivity index (χ1n) is 6.37. The molecule has 2 aromatic rings. The minimum absolute atomic E-state index is 0.0199. The normalized spacial score (nSPS) is 11.3. The van der Waals surface area contributed by atoms with Crippen molar-refractivity contribution in [2.45, 2.75) is 6.36 Å². The molecule has 2 aromatic carbocycles. The highest BCUT2D eigenvalue weighted by atomic mass is 35.5. The fourth-order valence-electron chi connectivity index (χ4n) is 1.85. The zero-order chi connectivity index (χ0) is 16.2. The zero-order valence-electron chi connectivity index (χ0n) is 11.4. The van der Waals surface area contributed by atoms with E-state index in [-0.39, 0.29) is 18.9 Å². The van der Waals surface area contributed by atoms with Crippen LogP contribution < -0.4 is 15.2 Å². The first-order valence-corrected chi connectivity index (χ1v) is 6.75. The Morgan fingerprint density at radius 3 is 2.36 bits per heavy atom. The van der Waals surface area contributed by atoms with Crippen LogP contribution >= 0.6 is 11.6 Å². The monoisotopic (exact) mass is 331 g/mol. The molecule has 118 valence electrons. The van der Waals surface area contributed by atoms with Gasteiger partial charge in [0.15, 0.2) is 11.5 Å². The maximum Gasteiger partial charge on any atom is 0.573 e. The average Bonchev–Trinajstić information content (AvgIpc) is 2.44. The molecule has 0 unspecified atom stereocenters. The minimum atomic E-state index is -4.81. The molecule has 3 nitrogen and oxygen atoms in total. The molecule has 0 fully saturated rings. The van der Waals surface area contributed by atoms with E-state index in [4.69, 9.17) is 22.1 Å². The number of halogens is 4. The van der Waals surface area contributed by atoms with Gasteiger partial charge in [-0.05, 0) is 35.4 Å². The number of hydrogen-bond donors (Lipinski definition) is 1. The molecule has 7 heteroatoms. The lowest BCUT2D eigenvalue weighted by Crippen LogP contribution is -2.18. The number of rotatable bonds is 5. The summed E-state index contributed by atoms with van der Waals surface area (Å²) in [5.74, 6) is -0.438. The van der Waals surface area contributed by atoms with Crippen LogP contribution in [0.25, 0.3) is 11.1 Å². The summed E-state index contributed by atoms with van der Waals surface area (Å²) >= 11 is 5.89. The van der Waals surface area contributed by atoms with Crippen molar-refractivity contribution < 1.29 is 22.6 Å². The summed E-state index contributed by atoms with van der Waals surface area (Å²) in [5, 5.41) is 0.485. The molecule has 0 spiro atoms. The van der Waals surface area contributed by atoms with Gasteiger partial charge in [-0.15, -0.1) is 13.2 Å². The molecule has 0 saturated carbocycles. The second-order valence-electron chi connectivity index (χ2n) is 4.36. The zero-order valence-corrected chi connectivity index (χ0v) is 12.1. The predicted octanol–water partition coefficient (Wildman–Crippen LogP) is 4.24. The Bertz CT molecular complexity index is 647. The van der Waals surface area contributed by atoms with Gasteiger partial charge in [0, 0.05) is 11.6 Å². The molecular formula is C15H13ClF3NO2. The van der Waals surface area contributed by atoms with Gasteiger partial charge in [0.05, 0.1) is 0 Å². The van der Waals surface area contributed by atoms with Crippen molar-refractivity contribution in [3.8, 4) is 22.6 Å². The van der Waals surface area contributed by atoms with Gasteiger partial charge in [-0.1, -0.05) is 29.8 Å². The Labute approximate surface area is 130 Å². The van der Waals surface area contributed by atoms with Gasteiger partial charge in [-0.2, -0.15) is 0 Å². The van der Waals surface area contributed by atoms with E-state index in [2.05, 4.69) is 4.74 Å². The first-order chi connectivity index (χ1) is 10.4. The van der Waals surface area contributed by atoms with Crippen molar-refractivity contribution >= 4 is 11.6 Å². The van der Waals surface area contributed by atoms with Crippen molar-refractivity contribution in [1.29, 1.82) is 0 Å². The highest BCUT2D eigenvalue weighted by Crippen LogP contribution is 2.36. The summed E-state index contributed by atoms with van der Waals surface area (Å²) in [6, 6.07) is 11.1. The number of ether oxygens (including phenoxy) is 2. The maximum absolute atomic E-state index is 12.5. The quantitative estimate of drug-likeness (QED) is 0.891. The summed E-state index contributed by atoms with van der Waals surface area (Å²) in [7, 11) is 0. The summed E-state index contributed by atoms with van der Waals surface area (Å²) in [6.45, 7) is 0.270. The van der Waals surface area contributed by atoms with Crippen molar-refractivity contribution in [1.82, 2.24) is 0 Å². The van der Waals surface area contributed by atoms with Crippen LogP contribution in [0.4, 0.5) is 13.2 Å². The number of benzene rings is 2. The molecule has 0 atom stereocenters. The average molecular weight is 332 g/mol. The highest BCUT2D eigenvalue weighted by Gasteiger charge is 2.32. The molecule has 0 heterocycles. The summed E-state index contributed by atoms with van der Waals surface area (Å²) < 4.78 is 46.7. The van der Waals surface area contributed by atoms with E-state index >= 15 is 0 Å². The highest BCUT2D eigenvalue weighted by molar-refractivity contribution is 6.30. The van der Waals surface area contributed by atoms with Crippen LogP contribution in [0, 0.1) is 0 Å². The molecule has 0 aromatic heterocycles. The molecule has 22 heavy (non-hydrogen) atoms. The van der Waals surface area contributed by atoms with Gasteiger partial charge in [-0.25, -0.2) is 0 Å². The minimum Gasteiger partial charge on any atom is -0.488 e. The third kappa shape index (κ3) is 4.54. The third-order valence-electron chi connectivity index (χ3n) is 2.70. The molecule has 0 radical (unpaired) electrons. The van der Waals surface area contributed by atoms with Crippen molar-refractivity contribution in [3.05, 3.63) is 47.5 Å². The number of hydrogen-bond acceptors (Lipinski definition) is 3. The second kappa shape index (κ2) is 6.89. The van der Waals surface area contributed by atoms with E-state index in [1.54, 1.807) is 30.3 Å². The van der Waals surface area contributed by atoms with Gasteiger partial charge in [0.2, 0.25) is 0 Å².